The lowest BCUT2D eigenvalue weighted by Crippen LogP contribution is -2.24. The second-order valence-corrected chi connectivity index (χ2v) is 10.0. The molecule has 4 aromatic rings. The van der Waals surface area contributed by atoms with Crippen LogP contribution in [-0.4, -0.2) is 30.7 Å². The largest absolute Gasteiger partial charge is 0.386 e. The van der Waals surface area contributed by atoms with Crippen molar-refractivity contribution in [3.05, 3.63) is 82.6 Å². The number of carbonyl (C=O) groups is 1. The number of hydrogen-bond acceptors (Lipinski definition) is 4. The van der Waals surface area contributed by atoms with Gasteiger partial charge in [-0.1, -0.05) is 18.2 Å². The van der Waals surface area contributed by atoms with Gasteiger partial charge in [0, 0.05) is 46.5 Å². The molecule has 35 heavy (non-hydrogen) atoms. The van der Waals surface area contributed by atoms with Gasteiger partial charge in [-0.05, 0) is 67.5 Å². The van der Waals surface area contributed by atoms with E-state index in [-0.39, 0.29) is 18.4 Å². The number of hydrogen-bond donors (Lipinski definition) is 1. The second-order valence-electron chi connectivity index (χ2n) is 10.0. The first kappa shape index (κ1) is 18.7. The number of amides is 1. The Morgan fingerprint density at radius 2 is 2.06 bits per heavy atom. The molecule has 2 aromatic carbocycles. The van der Waals surface area contributed by atoms with Gasteiger partial charge in [-0.15, -0.1) is 0 Å². The Labute approximate surface area is 207 Å². The molecular weight excluding hydrogens is 443 g/mol. The first-order valence-corrected chi connectivity index (χ1v) is 11.7. The number of aryl methyl sites for hydroxylation is 1. The number of aromatic nitrogens is 3. The minimum absolute atomic E-state index is 0.150. The van der Waals surface area contributed by atoms with Gasteiger partial charge in [0.25, 0.3) is 5.91 Å². The summed E-state index contributed by atoms with van der Waals surface area (Å²) in [4.78, 5) is 18.8. The van der Waals surface area contributed by atoms with E-state index in [4.69, 9.17) is 4.11 Å². The zero-order valence-electron chi connectivity index (χ0n) is 22.5. The van der Waals surface area contributed by atoms with Crippen LogP contribution in [-0.2, 0) is 25.7 Å². The maximum absolute atomic E-state index is 15.9. The van der Waals surface area contributed by atoms with Crippen molar-refractivity contribution in [1.29, 1.82) is 0 Å². The van der Waals surface area contributed by atoms with Gasteiger partial charge < -0.3 is 10.0 Å². The Balaban J connectivity index is 1.45. The first-order chi connectivity index (χ1) is 17.9. The molecule has 0 saturated heterocycles. The molecule has 0 atom stereocenters. The zero-order chi connectivity index (χ0) is 27.0. The molecular formula is C28H27FN4O2. The van der Waals surface area contributed by atoms with Crippen LogP contribution >= 0.6 is 0 Å². The van der Waals surface area contributed by atoms with Gasteiger partial charge >= 0.3 is 0 Å². The van der Waals surface area contributed by atoms with Crippen LogP contribution in [0.3, 0.4) is 0 Å². The fourth-order valence-electron chi connectivity index (χ4n) is 5.09. The molecule has 0 bridgehead atoms. The van der Waals surface area contributed by atoms with E-state index in [1.165, 1.54) is 12.3 Å². The number of benzene rings is 2. The molecule has 1 fully saturated rings. The molecule has 1 amide bonds. The van der Waals surface area contributed by atoms with Crippen LogP contribution < -0.4 is 0 Å². The molecule has 1 saturated carbocycles. The molecule has 1 N–H and O–H groups in total. The summed E-state index contributed by atoms with van der Waals surface area (Å²) < 4.78 is 40.2. The van der Waals surface area contributed by atoms with Crippen LogP contribution in [0.4, 0.5) is 4.39 Å². The normalized spacial score (nSPS) is 17.4. The number of nitrogens with zero attached hydrogens (tertiary/aromatic N) is 4. The molecule has 0 unspecified atom stereocenters. The first-order valence-electron chi connectivity index (χ1n) is 13.2. The van der Waals surface area contributed by atoms with E-state index < -0.39 is 18.4 Å². The average Bonchev–Trinajstić information content (AvgIpc) is 3.50. The van der Waals surface area contributed by atoms with E-state index in [1.807, 2.05) is 6.07 Å². The molecule has 7 heteroatoms. The third-order valence-electron chi connectivity index (χ3n) is 6.99. The Morgan fingerprint density at radius 1 is 1.23 bits per heavy atom. The molecule has 1 aliphatic heterocycles. The molecule has 178 valence electrons. The lowest BCUT2D eigenvalue weighted by atomic mass is 9.90. The molecule has 6 rings (SSSR count). The number of carbonyl (C=O) groups excluding carboxylic acids is 1. The van der Waals surface area contributed by atoms with Gasteiger partial charge in [0.1, 0.15) is 5.82 Å². The van der Waals surface area contributed by atoms with E-state index >= 15 is 4.39 Å². The van der Waals surface area contributed by atoms with Crippen molar-refractivity contribution in [3.63, 3.8) is 0 Å². The standard InChI is InChI=1S/C28H27FN4O2/c1-28(2,35)23-9-8-18(22-13-32(3)31-26(22)23)17-11-20(16-6-7-16)21(24(29)12-17)14-33-15-25-19(27(33)34)5-4-10-30-25/h4-5,8-13,16,35H,6-7,14-15H2,1-3H3/i3D3. The highest BCUT2D eigenvalue weighted by Gasteiger charge is 2.33. The third kappa shape index (κ3) is 3.71. The van der Waals surface area contributed by atoms with Crippen molar-refractivity contribution >= 4 is 16.8 Å². The molecule has 2 aliphatic rings. The van der Waals surface area contributed by atoms with E-state index in [1.54, 1.807) is 49.2 Å². The zero-order valence-corrected chi connectivity index (χ0v) is 19.5. The molecule has 0 radical (unpaired) electrons. The van der Waals surface area contributed by atoms with Crippen LogP contribution in [0.15, 0.2) is 48.8 Å². The van der Waals surface area contributed by atoms with E-state index in [0.29, 0.717) is 51.0 Å². The van der Waals surface area contributed by atoms with Crippen molar-refractivity contribution < 1.29 is 18.4 Å². The number of pyridine rings is 1. The minimum Gasteiger partial charge on any atom is -0.386 e. The van der Waals surface area contributed by atoms with Crippen LogP contribution in [0.25, 0.3) is 22.0 Å². The van der Waals surface area contributed by atoms with Gasteiger partial charge in [0.2, 0.25) is 0 Å². The van der Waals surface area contributed by atoms with Crippen LogP contribution in [0, 0.1) is 5.82 Å². The van der Waals surface area contributed by atoms with E-state index in [0.717, 1.165) is 23.1 Å². The van der Waals surface area contributed by atoms with Gasteiger partial charge in [0.15, 0.2) is 0 Å². The molecule has 6 nitrogen and oxygen atoms in total. The Hall–Kier alpha value is -3.58. The maximum atomic E-state index is 15.9. The highest BCUT2D eigenvalue weighted by Crippen LogP contribution is 2.45. The van der Waals surface area contributed by atoms with Gasteiger partial charge in [-0.2, -0.15) is 5.10 Å². The SMILES string of the molecule is [2H]C([2H])([2H])n1cc2c(-c3cc(F)c(CN4Cc5ncccc5C4=O)c(C4CC4)c3)ccc(C(C)(C)O)c2n1. The van der Waals surface area contributed by atoms with Crippen molar-refractivity contribution in [2.45, 2.75) is 51.3 Å². The molecule has 2 aromatic heterocycles. The average molecular weight is 474 g/mol. The van der Waals surface area contributed by atoms with Crippen LogP contribution in [0.5, 0.6) is 0 Å². The summed E-state index contributed by atoms with van der Waals surface area (Å²) in [6, 6.07) is 10.4. The van der Waals surface area contributed by atoms with Crippen LogP contribution in [0.1, 0.15) is 69.5 Å². The fraction of sp³-hybridized carbons (Fsp3) is 0.321. The van der Waals surface area contributed by atoms with Crippen LogP contribution in [0.2, 0.25) is 0 Å². The second kappa shape index (κ2) is 7.71. The predicted octanol–water partition coefficient (Wildman–Crippen LogP) is 5.04. The van der Waals surface area contributed by atoms with Crippen molar-refractivity contribution in [3.8, 4) is 11.1 Å². The molecule has 3 heterocycles. The summed E-state index contributed by atoms with van der Waals surface area (Å²) in [6.07, 6.45) is 4.97. The summed E-state index contributed by atoms with van der Waals surface area (Å²) in [5.74, 6) is -0.364. The highest BCUT2D eigenvalue weighted by molar-refractivity contribution is 5.98. The summed E-state index contributed by atoms with van der Waals surface area (Å²) in [7, 11) is 0. The number of aliphatic hydroxyl groups is 1. The Bertz CT molecular complexity index is 1600. The van der Waals surface area contributed by atoms with E-state index in [9.17, 15) is 9.90 Å². The number of rotatable bonds is 5. The smallest absolute Gasteiger partial charge is 0.256 e. The Morgan fingerprint density at radius 3 is 2.77 bits per heavy atom. The van der Waals surface area contributed by atoms with Crippen molar-refractivity contribution in [1.82, 2.24) is 19.7 Å². The van der Waals surface area contributed by atoms with Crippen molar-refractivity contribution in [2.24, 2.45) is 6.98 Å². The number of fused-ring (bicyclic) bond motifs is 2. The number of halogens is 1. The van der Waals surface area contributed by atoms with Crippen molar-refractivity contribution in [2.75, 3.05) is 0 Å². The monoisotopic (exact) mass is 473 g/mol. The minimum atomic E-state index is -2.50. The van der Waals surface area contributed by atoms with Gasteiger partial charge in [-0.3, -0.25) is 14.5 Å². The highest BCUT2D eigenvalue weighted by atomic mass is 19.1. The fourth-order valence-corrected chi connectivity index (χ4v) is 5.09. The topological polar surface area (TPSA) is 71.2 Å². The molecule has 0 spiro atoms. The quantitative estimate of drug-likeness (QED) is 0.441. The predicted molar refractivity (Wildman–Crippen MR) is 131 cm³/mol. The Kier molecular flexibility index (Phi) is 4.12. The lowest BCUT2D eigenvalue weighted by Gasteiger charge is -2.21. The summed E-state index contributed by atoms with van der Waals surface area (Å²) in [5, 5.41) is 15.5. The summed E-state index contributed by atoms with van der Waals surface area (Å²) in [6.45, 7) is 1.22. The van der Waals surface area contributed by atoms with Gasteiger partial charge in [0.05, 0.1) is 28.9 Å². The summed E-state index contributed by atoms with van der Waals surface area (Å²) >= 11 is 0. The third-order valence-corrected chi connectivity index (χ3v) is 6.99. The maximum Gasteiger partial charge on any atom is 0.256 e. The lowest BCUT2D eigenvalue weighted by molar-refractivity contribution is 0.0763. The molecule has 1 aliphatic carbocycles. The summed E-state index contributed by atoms with van der Waals surface area (Å²) in [5.41, 5.74) is 3.43. The van der Waals surface area contributed by atoms with E-state index in [2.05, 4.69) is 10.1 Å². The van der Waals surface area contributed by atoms with Gasteiger partial charge in [-0.25, -0.2) is 4.39 Å².